The van der Waals surface area contributed by atoms with Crippen molar-refractivity contribution in [2.75, 3.05) is 6.54 Å². The summed E-state index contributed by atoms with van der Waals surface area (Å²) in [6, 6.07) is 9.10. The van der Waals surface area contributed by atoms with Crippen molar-refractivity contribution in [1.29, 1.82) is 0 Å². The maximum Gasteiger partial charge on any atom is 0.0205 e. The second kappa shape index (κ2) is 6.05. The zero-order valence-electron chi connectivity index (χ0n) is 10.3. The highest BCUT2D eigenvalue weighted by Gasteiger charge is 2.23. The molecule has 1 aromatic rings. The van der Waals surface area contributed by atoms with Crippen molar-refractivity contribution >= 4 is 0 Å². The molecule has 0 aromatic heterocycles. The van der Waals surface area contributed by atoms with Crippen LogP contribution < -0.4 is 5.32 Å². The Hall–Kier alpha value is -0.820. The van der Waals surface area contributed by atoms with Crippen molar-refractivity contribution in [2.24, 2.45) is 0 Å². The Balaban J connectivity index is 1.73. The first-order valence-electron chi connectivity index (χ1n) is 6.69. The second-order valence-electron chi connectivity index (χ2n) is 4.90. The molecule has 0 atom stereocenters. The Kier molecular flexibility index (Phi) is 4.41. The Labute approximate surface area is 99.3 Å². The first kappa shape index (κ1) is 11.7. The normalized spacial score (nSPS) is 15.3. The fourth-order valence-electron chi connectivity index (χ4n) is 2.11. The minimum Gasteiger partial charge on any atom is -0.313 e. The van der Waals surface area contributed by atoms with Crippen LogP contribution in [0.25, 0.3) is 0 Å². The predicted octanol–water partition coefficient (Wildman–Crippen LogP) is 3.84. The van der Waals surface area contributed by atoms with Crippen LogP contribution in [0, 0.1) is 0 Å². The topological polar surface area (TPSA) is 12.0 Å². The SMILES string of the molecule is CCCCCNCc1cccc(C2CC2)c1. The lowest BCUT2D eigenvalue weighted by atomic mass is 10.1. The predicted molar refractivity (Wildman–Crippen MR) is 69.6 cm³/mol. The molecule has 1 aliphatic carbocycles. The van der Waals surface area contributed by atoms with E-state index in [0.29, 0.717) is 0 Å². The molecule has 0 heterocycles. The molecule has 0 amide bonds. The molecular weight excluding hydrogens is 194 g/mol. The van der Waals surface area contributed by atoms with Gasteiger partial charge in [-0.05, 0) is 42.9 Å². The quantitative estimate of drug-likeness (QED) is 0.684. The van der Waals surface area contributed by atoms with E-state index in [-0.39, 0.29) is 0 Å². The summed E-state index contributed by atoms with van der Waals surface area (Å²) in [6.45, 7) is 4.44. The summed E-state index contributed by atoms with van der Waals surface area (Å²) in [4.78, 5) is 0. The van der Waals surface area contributed by atoms with E-state index < -0.39 is 0 Å². The first-order valence-corrected chi connectivity index (χ1v) is 6.69. The van der Waals surface area contributed by atoms with Gasteiger partial charge in [-0.15, -0.1) is 0 Å². The highest BCUT2D eigenvalue weighted by molar-refractivity contribution is 5.28. The van der Waals surface area contributed by atoms with E-state index in [0.717, 1.165) is 19.0 Å². The van der Waals surface area contributed by atoms with Crippen molar-refractivity contribution in [3.05, 3.63) is 35.4 Å². The van der Waals surface area contributed by atoms with E-state index >= 15 is 0 Å². The standard InChI is InChI=1S/C15H23N/c1-2-3-4-10-16-12-13-6-5-7-15(11-13)14-8-9-14/h5-7,11,14,16H,2-4,8-10,12H2,1H3. The van der Waals surface area contributed by atoms with Crippen LogP contribution in [-0.4, -0.2) is 6.54 Å². The highest BCUT2D eigenvalue weighted by Crippen LogP contribution is 2.40. The molecule has 1 nitrogen and oxygen atoms in total. The number of hydrogen-bond donors (Lipinski definition) is 1. The molecule has 88 valence electrons. The van der Waals surface area contributed by atoms with Gasteiger partial charge in [-0.1, -0.05) is 44.0 Å². The van der Waals surface area contributed by atoms with E-state index in [2.05, 4.69) is 36.5 Å². The first-order chi connectivity index (χ1) is 7.90. The van der Waals surface area contributed by atoms with Gasteiger partial charge in [0.05, 0.1) is 0 Å². The van der Waals surface area contributed by atoms with Crippen LogP contribution >= 0.6 is 0 Å². The molecule has 0 unspecified atom stereocenters. The van der Waals surface area contributed by atoms with Crippen LogP contribution in [0.1, 0.15) is 56.1 Å². The molecule has 1 saturated carbocycles. The lowest BCUT2D eigenvalue weighted by molar-refractivity contribution is 0.616. The summed E-state index contributed by atoms with van der Waals surface area (Å²) in [5, 5.41) is 3.52. The van der Waals surface area contributed by atoms with E-state index in [9.17, 15) is 0 Å². The van der Waals surface area contributed by atoms with Gasteiger partial charge in [0.1, 0.15) is 0 Å². The fraction of sp³-hybridized carbons (Fsp3) is 0.600. The molecule has 16 heavy (non-hydrogen) atoms. The third-order valence-corrected chi connectivity index (χ3v) is 3.29. The zero-order valence-corrected chi connectivity index (χ0v) is 10.3. The van der Waals surface area contributed by atoms with Gasteiger partial charge < -0.3 is 5.32 Å². The van der Waals surface area contributed by atoms with Gasteiger partial charge in [-0.25, -0.2) is 0 Å². The minimum absolute atomic E-state index is 0.875. The molecule has 1 aliphatic rings. The molecule has 0 spiro atoms. The van der Waals surface area contributed by atoms with E-state index in [1.807, 2.05) is 0 Å². The lowest BCUT2D eigenvalue weighted by Gasteiger charge is -2.06. The third kappa shape index (κ3) is 3.64. The molecule has 0 bridgehead atoms. The Morgan fingerprint density at radius 3 is 2.88 bits per heavy atom. The average Bonchev–Trinajstić information content (AvgIpc) is 3.13. The lowest BCUT2D eigenvalue weighted by Crippen LogP contribution is -2.14. The highest BCUT2D eigenvalue weighted by atomic mass is 14.8. The van der Waals surface area contributed by atoms with Crippen LogP contribution in [0.2, 0.25) is 0 Å². The molecule has 0 saturated heterocycles. The van der Waals surface area contributed by atoms with Gasteiger partial charge in [0.25, 0.3) is 0 Å². The van der Waals surface area contributed by atoms with E-state index in [1.54, 1.807) is 5.56 Å². The van der Waals surface area contributed by atoms with Gasteiger partial charge in [0, 0.05) is 6.54 Å². The summed E-state index contributed by atoms with van der Waals surface area (Å²) in [5.41, 5.74) is 2.99. The van der Waals surface area contributed by atoms with E-state index in [1.165, 1.54) is 37.7 Å². The van der Waals surface area contributed by atoms with Crippen LogP contribution in [0.15, 0.2) is 24.3 Å². The molecular formula is C15H23N. The van der Waals surface area contributed by atoms with Crippen molar-refractivity contribution in [3.63, 3.8) is 0 Å². The summed E-state index contributed by atoms with van der Waals surface area (Å²) >= 11 is 0. The maximum atomic E-state index is 3.52. The maximum absolute atomic E-state index is 3.52. The summed E-state index contributed by atoms with van der Waals surface area (Å²) in [5.74, 6) is 0.875. The fourth-order valence-corrected chi connectivity index (χ4v) is 2.11. The molecule has 1 heteroatoms. The average molecular weight is 217 g/mol. The largest absolute Gasteiger partial charge is 0.313 e. The molecule has 1 fully saturated rings. The number of rotatable bonds is 7. The number of unbranched alkanes of at least 4 members (excludes halogenated alkanes) is 2. The number of nitrogens with one attached hydrogen (secondary N) is 1. The van der Waals surface area contributed by atoms with Crippen LogP contribution in [0.5, 0.6) is 0 Å². The molecule has 0 radical (unpaired) electrons. The van der Waals surface area contributed by atoms with Crippen molar-refractivity contribution in [3.8, 4) is 0 Å². The van der Waals surface area contributed by atoms with Gasteiger partial charge in [-0.3, -0.25) is 0 Å². The van der Waals surface area contributed by atoms with Crippen molar-refractivity contribution in [2.45, 2.75) is 51.5 Å². The van der Waals surface area contributed by atoms with Gasteiger partial charge in [0.2, 0.25) is 0 Å². The Morgan fingerprint density at radius 1 is 1.25 bits per heavy atom. The van der Waals surface area contributed by atoms with E-state index in [4.69, 9.17) is 0 Å². The van der Waals surface area contributed by atoms with Crippen LogP contribution in [-0.2, 0) is 6.54 Å². The molecule has 1 N–H and O–H groups in total. The second-order valence-corrected chi connectivity index (χ2v) is 4.90. The van der Waals surface area contributed by atoms with Crippen LogP contribution in [0.4, 0.5) is 0 Å². The summed E-state index contributed by atoms with van der Waals surface area (Å²) in [6.07, 6.45) is 6.74. The molecule has 0 aliphatic heterocycles. The van der Waals surface area contributed by atoms with Crippen molar-refractivity contribution in [1.82, 2.24) is 5.32 Å². The monoisotopic (exact) mass is 217 g/mol. The Bertz CT molecular complexity index is 315. The Morgan fingerprint density at radius 2 is 2.12 bits per heavy atom. The number of benzene rings is 1. The summed E-state index contributed by atoms with van der Waals surface area (Å²) in [7, 11) is 0. The van der Waals surface area contributed by atoms with Crippen LogP contribution in [0.3, 0.4) is 0 Å². The smallest absolute Gasteiger partial charge is 0.0205 e. The minimum atomic E-state index is 0.875. The zero-order chi connectivity index (χ0) is 11.2. The molecule has 1 aromatic carbocycles. The molecule has 2 rings (SSSR count). The van der Waals surface area contributed by atoms with Gasteiger partial charge >= 0.3 is 0 Å². The van der Waals surface area contributed by atoms with Gasteiger partial charge in [0.15, 0.2) is 0 Å². The van der Waals surface area contributed by atoms with Gasteiger partial charge in [-0.2, -0.15) is 0 Å². The third-order valence-electron chi connectivity index (χ3n) is 3.29. The summed E-state index contributed by atoms with van der Waals surface area (Å²) < 4.78 is 0. The van der Waals surface area contributed by atoms with Crippen molar-refractivity contribution < 1.29 is 0 Å². The number of hydrogen-bond acceptors (Lipinski definition) is 1.